The number of hydrogen-bond acceptors (Lipinski definition) is 3. The summed E-state index contributed by atoms with van der Waals surface area (Å²) < 4.78 is 1.78. The lowest BCUT2D eigenvalue weighted by Gasteiger charge is -2.26. The molecule has 0 aliphatic carbocycles. The predicted molar refractivity (Wildman–Crippen MR) is 113 cm³/mol. The number of hydrogen-bond donors (Lipinski definition) is 2. The highest BCUT2D eigenvalue weighted by atomic mass is 16.2. The first-order valence-electron chi connectivity index (χ1n) is 9.77. The standard InChI is InChI=1S/C23H24N4O2/c1-15-20(14-27(2)26-15)19-13-23(29)25-21-12-17(9-10-18(19)21)24-22(28)11-8-16-6-4-3-5-7-16/h3-7,9-10,12,14,19H,8,11,13H2,1-2H3,(H,24,28)(H,25,29). The lowest BCUT2D eigenvalue weighted by atomic mass is 9.85. The van der Waals surface area contributed by atoms with Crippen LogP contribution in [0.2, 0.25) is 0 Å². The summed E-state index contributed by atoms with van der Waals surface area (Å²) in [4.78, 5) is 24.6. The Morgan fingerprint density at radius 3 is 2.72 bits per heavy atom. The van der Waals surface area contributed by atoms with Crippen molar-refractivity contribution in [2.24, 2.45) is 7.05 Å². The van der Waals surface area contributed by atoms with Gasteiger partial charge in [-0.2, -0.15) is 5.10 Å². The van der Waals surface area contributed by atoms with Crippen LogP contribution in [0.15, 0.2) is 54.7 Å². The summed E-state index contributed by atoms with van der Waals surface area (Å²) in [6.45, 7) is 1.96. The van der Waals surface area contributed by atoms with E-state index in [9.17, 15) is 9.59 Å². The number of aryl methyl sites for hydroxylation is 3. The maximum Gasteiger partial charge on any atom is 0.225 e. The Kier molecular flexibility index (Phi) is 5.16. The van der Waals surface area contributed by atoms with Crippen molar-refractivity contribution in [3.63, 3.8) is 0 Å². The molecule has 6 heteroatoms. The maximum absolute atomic E-state index is 12.3. The maximum atomic E-state index is 12.3. The Labute approximate surface area is 169 Å². The minimum atomic E-state index is -0.0457. The van der Waals surface area contributed by atoms with Crippen molar-refractivity contribution in [1.29, 1.82) is 0 Å². The number of aromatic nitrogens is 2. The lowest BCUT2D eigenvalue weighted by molar-refractivity contribution is -0.117. The van der Waals surface area contributed by atoms with Gasteiger partial charge in [-0.25, -0.2) is 0 Å². The molecule has 2 amide bonds. The Balaban J connectivity index is 1.50. The molecule has 4 rings (SSSR count). The van der Waals surface area contributed by atoms with Crippen LogP contribution in [-0.2, 0) is 23.1 Å². The monoisotopic (exact) mass is 388 g/mol. The molecule has 1 aliphatic heterocycles. The van der Waals surface area contributed by atoms with E-state index in [1.807, 2.05) is 68.7 Å². The third kappa shape index (κ3) is 4.21. The van der Waals surface area contributed by atoms with Gasteiger partial charge in [-0.15, -0.1) is 0 Å². The largest absolute Gasteiger partial charge is 0.326 e. The quantitative estimate of drug-likeness (QED) is 0.698. The van der Waals surface area contributed by atoms with Crippen molar-refractivity contribution >= 4 is 23.2 Å². The van der Waals surface area contributed by atoms with Gasteiger partial charge in [-0.05, 0) is 36.6 Å². The average Bonchev–Trinajstić information content (AvgIpc) is 3.04. The van der Waals surface area contributed by atoms with E-state index in [0.717, 1.165) is 28.1 Å². The molecule has 3 aromatic rings. The number of fused-ring (bicyclic) bond motifs is 1. The first-order chi connectivity index (χ1) is 14.0. The van der Waals surface area contributed by atoms with Crippen molar-refractivity contribution in [2.45, 2.75) is 32.1 Å². The summed E-state index contributed by atoms with van der Waals surface area (Å²) >= 11 is 0. The van der Waals surface area contributed by atoms with Gasteiger partial charge in [0.05, 0.1) is 5.69 Å². The zero-order valence-corrected chi connectivity index (χ0v) is 16.6. The van der Waals surface area contributed by atoms with Gasteiger partial charge in [-0.3, -0.25) is 14.3 Å². The fourth-order valence-corrected chi connectivity index (χ4v) is 3.91. The third-order valence-corrected chi connectivity index (χ3v) is 5.29. The molecular formula is C23H24N4O2. The van der Waals surface area contributed by atoms with Crippen LogP contribution in [0.5, 0.6) is 0 Å². The molecule has 6 nitrogen and oxygen atoms in total. The average molecular weight is 388 g/mol. The van der Waals surface area contributed by atoms with Crippen molar-refractivity contribution in [3.8, 4) is 0 Å². The Bertz CT molecular complexity index is 1060. The normalized spacial score (nSPS) is 15.5. The Morgan fingerprint density at radius 1 is 1.21 bits per heavy atom. The fraction of sp³-hybridized carbons (Fsp3) is 0.261. The van der Waals surface area contributed by atoms with Crippen molar-refractivity contribution in [2.75, 3.05) is 10.6 Å². The van der Waals surface area contributed by atoms with Gasteiger partial charge in [0.25, 0.3) is 0 Å². The van der Waals surface area contributed by atoms with E-state index in [0.29, 0.717) is 24.9 Å². The second-order valence-corrected chi connectivity index (χ2v) is 7.48. The number of anilines is 2. The van der Waals surface area contributed by atoms with Crippen LogP contribution in [0.25, 0.3) is 0 Å². The van der Waals surface area contributed by atoms with Gasteiger partial charge in [0.15, 0.2) is 0 Å². The summed E-state index contributed by atoms with van der Waals surface area (Å²) in [5.41, 5.74) is 5.60. The summed E-state index contributed by atoms with van der Waals surface area (Å²) in [6.07, 6.45) is 3.46. The van der Waals surface area contributed by atoms with Crippen LogP contribution in [0, 0.1) is 6.92 Å². The molecule has 1 aromatic heterocycles. The molecule has 2 aromatic carbocycles. The van der Waals surface area contributed by atoms with E-state index in [1.165, 1.54) is 0 Å². The van der Waals surface area contributed by atoms with Crippen LogP contribution < -0.4 is 10.6 Å². The van der Waals surface area contributed by atoms with Crippen molar-refractivity contribution in [1.82, 2.24) is 9.78 Å². The third-order valence-electron chi connectivity index (χ3n) is 5.29. The van der Waals surface area contributed by atoms with Gasteiger partial charge >= 0.3 is 0 Å². The molecule has 0 fully saturated rings. The molecule has 0 saturated heterocycles. The summed E-state index contributed by atoms with van der Waals surface area (Å²) in [5.74, 6) is -0.107. The second kappa shape index (κ2) is 7.91. The molecular weight excluding hydrogens is 364 g/mol. The van der Waals surface area contributed by atoms with Crippen LogP contribution in [0.4, 0.5) is 11.4 Å². The highest BCUT2D eigenvalue weighted by molar-refractivity contribution is 5.97. The number of rotatable bonds is 5. The van der Waals surface area contributed by atoms with Crippen molar-refractivity contribution in [3.05, 3.63) is 77.1 Å². The van der Waals surface area contributed by atoms with E-state index >= 15 is 0 Å². The highest BCUT2D eigenvalue weighted by Crippen LogP contribution is 2.39. The van der Waals surface area contributed by atoms with Crippen LogP contribution >= 0.6 is 0 Å². The van der Waals surface area contributed by atoms with Crippen molar-refractivity contribution < 1.29 is 9.59 Å². The number of carbonyl (C=O) groups excluding carboxylic acids is 2. The smallest absolute Gasteiger partial charge is 0.225 e. The summed E-state index contributed by atoms with van der Waals surface area (Å²) in [6, 6.07) is 15.7. The van der Waals surface area contributed by atoms with E-state index < -0.39 is 0 Å². The molecule has 148 valence electrons. The first kappa shape index (κ1) is 18.9. The second-order valence-electron chi connectivity index (χ2n) is 7.48. The highest BCUT2D eigenvalue weighted by Gasteiger charge is 2.29. The van der Waals surface area contributed by atoms with Crippen LogP contribution in [0.1, 0.15) is 41.1 Å². The van der Waals surface area contributed by atoms with Gasteiger partial charge < -0.3 is 10.6 Å². The Morgan fingerprint density at radius 2 is 2.00 bits per heavy atom. The van der Waals surface area contributed by atoms with Gasteiger partial charge in [0.2, 0.25) is 11.8 Å². The topological polar surface area (TPSA) is 76.0 Å². The molecule has 1 unspecified atom stereocenters. The molecule has 29 heavy (non-hydrogen) atoms. The number of carbonyl (C=O) groups is 2. The van der Waals surface area contributed by atoms with E-state index in [1.54, 1.807) is 4.68 Å². The molecule has 0 bridgehead atoms. The summed E-state index contributed by atoms with van der Waals surface area (Å²) in [7, 11) is 1.88. The van der Waals surface area contributed by atoms with E-state index in [2.05, 4.69) is 15.7 Å². The molecule has 2 N–H and O–H groups in total. The van der Waals surface area contributed by atoms with E-state index in [-0.39, 0.29) is 17.7 Å². The van der Waals surface area contributed by atoms with E-state index in [4.69, 9.17) is 0 Å². The molecule has 1 aliphatic rings. The molecule has 2 heterocycles. The van der Waals surface area contributed by atoms with Gasteiger partial charge in [-0.1, -0.05) is 36.4 Å². The zero-order valence-electron chi connectivity index (χ0n) is 16.6. The molecule has 0 saturated carbocycles. The Hall–Kier alpha value is -3.41. The number of nitrogens with zero attached hydrogens (tertiary/aromatic N) is 2. The molecule has 1 atom stereocenters. The SMILES string of the molecule is Cc1nn(C)cc1C1CC(=O)Nc2cc(NC(=O)CCc3ccccc3)ccc21. The minimum absolute atomic E-state index is 0.0293. The molecule has 0 radical (unpaired) electrons. The fourth-order valence-electron chi connectivity index (χ4n) is 3.91. The molecule has 0 spiro atoms. The summed E-state index contributed by atoms with van der Waals surface area (Å²) in [5, 5.41) is 10.3. The minimum Gasteiger partial charge on any atom is -0.326 e. The number of nitrogens with one attached hydrogen (secondary N) is 2. The number of amides is 2. The lowest BCUT2D eigenvalue weighted by Crippen LogP contribution is -2.24. The number of benzene rings is 2. The predicted octanol–water partition coefficient (Wildman–Crippen LogP) is 3.77. The zero-order chi connectivity index (χ0) is 20.4. The van der Waals surface area contributed by atoms with Crippen LogP contribution in [-0.4, -0.2) is 21.6 Å². The van der Waals surface area contributed by atoms with Gasteiger partial charge in [0, 0.05) is 48.9 Å². The van der Waals surface area contributed by atoms with Crippen LogP contribution in [0.3, 0.4) is 0 Å². The first-order valence-corrected chi connectivity index (χ1v) is 9.77. The van der Waals surface area contributed by atoms with Gasteiger partial charge in [0.1, 0.15) is 0 Å².